The first-order valence-corrected chi connectivity index (χ1v) is 6.20. The minimum absolute atomic E-state index is 0.0512. The van der Waals surface area contributed by atoms with E-state index in [4.69, 9.17) is 5.73 Å². The molecule has 110 valence electrons. The number of amides is 1. The van der Waals surface area contributed by atoms with Crippen LogP contribution in [0.5, 0.6) is 0 Å². The smallest absolute Gasteiger partial charge is 0.328 e. The van der Waals surface area contributed by atoms with Gasteiger partial charge in [-0.3, -0.25) is 4.79 Å². The molecular weight excluding hydrogens is 276 g/mol. The van der Waals surface area contributed by atoms with E-state index in [0.29, 0.717) is 25.0 Å². The zero-order chi connectivity index (χ0) is 14.9. The van der Waals surface area contributed by atoms with E-state index in [1.165, 1.54) is 0 Å². The third-order valence-corrected chi connectivity index (χ3v) is 3.38. The van der Waals surface area contributed by atoms with Gasteiger partial charge < -0.3 is 11.1 Å². The van der Waals surface area contributed by atoms with Crippen LogP contribution in [0, 0.1) is 11.7 Å². The van der Waals surface area contributed by atoms with Gasteiger partial charge in [0.1, 0.15) is 5.82 Å². The van der Waals surface area contributed by atoms with Crippen LogP contribution < -0.4 is 11.1 Å². The van der Waals surface area contributed by atoms with E-state index in [0.717, 1.165) is 12.5 Å². The van der Waals surface area contributed by atoms with Crippen molar-refractivity contribution in [3.63, 3.8) is 0 Å². The van der Waals surface area contributed by atoms with Crippen LogP contribution in [0.2, 0.25) is 0 Å². The molecule has 3 nitrogen and oxygen atoms in total. The van der Waals surface area contributed by atoms with E-state index in [-0.39, 0.29) is 23.6 Å². The molecule has 20 heavy (non-hydrogen) atoms. The number of hydrogen-bond donors (Lipinski definition) is 2. The molecule has 1 fully saturated rings. The van der Waals surface area contributed by atoms with Crippen molar-refractivity contribution in [1.82, 2.24) is 0 Å². The molecule has 2 atom stereocenters. The summed E-state index contributed by atoms with van der Waals surface area (Å²) in [5.41, 5.74) is 4.22. The van der Waals surface area contributed by atoms with Crippen LogP contribution >= 0.6 is 0 Å². The number of nitrogens with two attached hydrogens (primary N) is 1. The van der Waals surface area contributed by atoms with Crippen LogP contribution in [0.4, 0.5) is 23.2 Å². The van der Waals surface area contributed by atoms with Crippen LogP contribution in [0.1, 0.15) is 24.8 Å². The lowest BCUT2D eigenvalue weighted by molar-refractivity contribution is -0.140. The van der Waals surface area contributed by atoms with Crippen LogP contribution in [0.3, 0.4) is 0 Å². The van der Waals surface area contributed by atoms with Crippen LogP contribution in [0.25, 0.3) is 0 Å². The van der Waals surface area contributed by atoms with Gasteiger partial charge in [0.05, 0.1) is 5.56 Å². The Morgan fingerprint density at radius 1 is 1.30 bits per heavy atom. The zero-order valence-corrected chi connectivity index (χ0v) is 10.5. The van der Waals surface area contributed by atoms with Crippen LogP contribution in [-0.2, 0) is 11.0 Å². The van der Waals surface area contributed by atoms with Gasteiger partial charge in [0.25, 0.3) is 0 Å². The number of nitrogens with one attached hydrogen (secondary N) is 1. The highest BCUT2D eigenvalue weighted by molar-refractivity contribution is 5.92. The lowest BCUT2D eigenvalue weighted by Gasteiger charge is -2.13. The lowest BCUT2D eigenvalue weighted by Crippen LogP contribution is -2.23. The Morgan fingerprint density at radius 3 is 2.55 bits per heavy atom. The van der Waals surface area contributed by atoms with Gasteiger partial charge in [-0.25, -0.2) is 4.39 Å². The normalized spacial score (nSPS) is 22.9. The number of rotatable bonds is 2. The molecule has 3 N–H and O–H groups in total. The molecule has 0 bridgehead atoms. The van der Waals surface area contributed by atoms with Gasteiger partial charge in [0.2, 0.25) is 5.91 Å². The fourth-order valence-corrected chi connectivity index (χ4v) is 2.32. The summed E-state index contributed by atoms with van der Waals surface area (Å²) in [5, 5.41) is 2.38. The van der Waals surface area contributed by atoms with Crippen molar-refractivity contribution in [1.29, 1.82) is 0 Å². The second-order valence-corrected chi connectivity index (χ2v) is 4.95. The van der Waals surface area contributed by atoms with E-state index in [9.17, 15) is 22.4 Å². The number of halogens is 4. The van der Waals surface area contributed by atoms with Gasteiger partial charge in [-0.1, -0.05) is 0 Å². The van der Waals surface area contributed by atoms with Gasteiger partial charge in [-0.2, -0.15) is 13.2 Å². The van der Waals surface area contributed by atoms with E-state index in [1.807, 2.05) is 0 Å². The molecule has 0 spiro atoms. The Labute approximate surface area is 113 Å². The van der Waals surface area contributed by atoms with Crippen LogP contribution in [0.15, 0.2) is 18.2 Å². The minimum atomic E-state index is -4.79. The van der Waals surface area contributed by atoms with E-state index in [2.05, 4.69) is 5.32 Å². The van der Waals surface area contributed by atoms with Crippen molar-refractivity contribution < 1.29 is 22.4 Å². The Bertz CT molecular complexity index is 516. The molecule has 1 aromatic carbocycles. The molecule has 1 aliphatic rings. The molecule has 0 aromatic heterocycles. The maximum Gasteiger partial charge on any atom is 0.419 e. The summed E-state index contributed by atoms with van der Waals surface area (Å²) >= 11 is 0. The van der Waals surface area contributed by atoms with Gasteiger partial charge >= 0.3 is 6.18 Å². The van der Waals surface area contributed by atoms with Crippen LogP contribution in [-0.4, -0.2) is 11.9 Å². The third-order valence-electron chi connectivity index (χ3n) is 3.38. The molecule has 2 unspecified atom stereocenters. The summed E-state index contributed by atoms with van der Waals surface area (Å²) in [6.07, 6.45) is -2.95. The number of anilines is 1. The topological polar surface area (TPSA) is 55.1 Å². The Balaban J connectivity index is 2.12. The molecule has 0 radical (unpaired) electrons. The van der Waals surface area contributed by atoms with Gasteiger partial charge in [-0.15, -0.1) is 0 Å². The minimum Gasteiger partial charge on any atom is -0.328 e. The van der Waals surface area contributed by atoms with Crippen molar-refractivity contribution in [3.05, 3.63) is 29.6 Å². The molecule has 1 aromatic rings. The monoisotopic (exact) mass is 290 g/mol. The first kappa shape index (κ1) is 14.8. The van der Waals surface area contributed by atoms with Gasteiger partial charge in [0, 0.05) is 17.6 Å². The summed E-state index contributed by atoms with van der Waals surface area (Å²) in [7, 11) is 0. The number of alkyl halides is 3. The highest BCUT2D eigenvalue weighted by Crippen LogP contribution is 2.33. The number of benzene rings is 1. The largest absolute Gasteiger partial charge is 0.419 e. The van der Waals surface area contributed by atoms with E-state index >= 15 is 0 Å². The summed E-state index contributed by atoms with van der Waals surface area (Å²) in [6.45, 7) is 0. The Hall–Kier alpha value is -1.63. The molecule has 0 heterocycles. The molecule has 7 heteroatoms. The van der Waals surface area contributed by atoms with E-state index < -0.39 is 17.6 Å². The van der Waals surface area contributed by atoms with E-state index in [1.54, 1.807) is 0 Å². The fourth-order valence-electron chi connectivity index (χ4n) is 2.32. The average Bonchev–Trinajstić information content (AvgIpc) is 2.77. The van der Waals surface area contributed by atoms with Crippen molar-refractivity contribution >= 4 is 11.6 Å². The van der Waals surface area contributed by atoms with Crippen molar-refractivity contribution in [3.8, 4) is 0 Å². The summed E-state index contributed by atoms with van der Waals surface area (Å²) in [6, 6.07) is 2.35. The van der Waals surface area contributed by atoms with Crippen molar-refractivity contribution in [2.24, 2.45) is 11.7 Å². The first-order chi connectivity index (χ1) is 9.27. The zero-order valence-electron chi connectivity index (χ0n) is 10.5. The predicted octanol–water partition coefficient (Wildman–Crippen LogP) is 2.91. The van der Waals surface area contributed by atoms with Gasteiger partial charge in [0.15, 0.2) is 0 Å². The highest BCUT2D eigenvalue weighted by Gasteiger charge is 2.34. The fraction of sp³-hybridized carbons (Fsp3) is 0.462. The molecule has 1 aliphatic carbocycles. The molecule has 0 saturated heterocycles. The average molecular weight is 290 g/mol. The number of hydrogen-bond acceptors (Lipinski definition) is 2. The van der Waals surface area contributed by atoms with Crippen molar-refractivity contribution in [2.45, 2.75) is 31.5 Å². The molecule has 0 aliphatic heterocycles. The number of carbonyl (C=O) groups excluding carboxylic acids is 1. The Kier molecular flexibility index (Phi) is 3.99. The first-order valence-electron chi connectivity index (χ1n) is 6.20. The summed E-state index contributed by atoms with van der Waals surface area (Å²) in [5.74, 6) is -2.04. The molecule has 1 saturated carbocycles. The maximum atomic E-state index is 13.1. The highest BCUT2D eigenvalue weighted by atomic mass is 19.4. The third kappa shape index (κ3) is 3.27. The summed E-state index contributed by atoms with van der Waals surface area (Å²) < 4.78 is 50.8. The molecule has 2 rings (SSSR count). The lowest BCUT2D eigenvalue weighted by atomic mass is 10.1. The number of carbonyl (C=O) groups is 1. The predicted molar refractivity (Wildman–Crippen MR) is 65.3 cm³/mol. The SMILES string of the molecule is NC1CCC(C(=O)Nc2ccc(F)c(C(F)(F)F)c2)C1. The van der Waals surface area contributed by atoms with Gasteiger partial charge in [-0.05, 0) is 37.5 Å². The van der Waals surface area contributed by atoms with Crippen molar-refractivity contribution in [2.75, 3.05) is 5.32 Å². The standard InChI is InChI=1S/C13H14F4N2O/c14-11-4-3-9(6-10(11)13(15,16)17)19-12(20)7-1-2-8(18)5-7/h3-4,6-8H,1-2,5,18H2,(H,19,20). The summed E-state index contributed by atoms with van der Waals surface area (Å²) in [4.78, 5) is 11.9. The Morgan fingerprint density at radius 2 is 2.00 bits per heavy atom. The molecular formula is C13H14F4N2O. The quantitative estimate of drug-likeness (QED) is 0.823. The second kappa shape index (κ2) is 5.40. The maximum absolute atomic E-state index is 13.1. The molecule has 1 amide bonds. The second-order valence-electron chi connectivity index (χ2n) is 4.95.